The first-order valence-corrected chi connectivity index (χ1v) is 9.94. The van der Waals surface area contributed by atoms with E-state index in [1.54, 1.807) is 13.0 Å². The van der Waals surface area contributed by atoms with Gasteiger partial charge in [0, 0.05) is 32.1 Å². The maximum absolute atomic E-state index is 13.3. The van der Waals surface area contributed by atoms with E-state index in [1.807, 2.05) is 0 Å². The zero-order chi connectivity index (χ0) is 19.9. The number of carbonyl (C=O) groups excluding carboxylic acids is 3. The maximum Gasteiger partial charge on any atom is 0.373 e. The molecule has 0 N–H and O–H groups in total. The second-order valence-electron chi connectivity index (χ2n) is 7.92. The van der Waals surface area contributed by atoms with Crippen molar-refractivity contribution in [1.82, 2.24) is 0 Å². The molecule has 2 saturated carbocycles. The van der Waals surface area contributed by atoms with Crippen LogP contribution in [0.3, 0.4) is 0 Å². The van der Waals surface area contributed by atoms with Gasteiger partial charge in [-0.2, -0.15) is 0 Å². The van der Waals surface area contributed by atoms with Crippen LogP contribution < -0.4 is 0 Å². The average molecular weight is 394 g/mol. The molecule has 8 heteroatoms. The van der Waals surface area contributed by atoms with Gasteiger partial charge in [0.05, 0.1) is 19.8 Å². The third-order valence-electron chi connectivity index (χ3n) is 6.09. The predicted molar refractivity (Wildman–Crippen MR) is 93.5 cm³/mol. The highest BCUT2D eigenvalue weighted by molar-refractivity contribution is 5.90. The van der Waals surface area contributed by atoms with Crippen molar-refractivity contribution in [2.75, 3.05) is 19.8 Å². The van der Waals surface area contributed by atoms with E-state index in [1.165, 1.54) is 6.92 Å². The van der Waals surface area contributed by atoms with E-state index in [2.05, 4.69) is 0 Å². The van der Waals surface area contributed by atoms with Gasteiger partial charge in [0.15, 0.2) is 5.79 Å². The topological polar surface area (TPSA) is 97.4 Å². The summed E-state index contributed by atoms with van der Waals surface area (Å²) in [7, 11) is 0. The van der Waals surface area contributed by atoms with Crippen LogP contribution in [0.4, 0.5) is 0 Å². The van der Waals surface area contributed by atoms with Crippen molar-refractivity contribution >= 4 is 17.7 Å². The van der Waals surface area contributed by atoms with Crippen LogP contribution in [-0.2, 0) is 38.1 Å². The number of ketones is 1. The molecule has 1 saturated heterocycles. The number of rotatable bonds is 4. The van der Waals surface area contributed by atoms with Crippen molar-refractivity contribution in [3.05, 3.63) is 11.8 Å². The Morgan fingerprint density at radius 2 is 1.96 bits per heavy atom. The van der Waals surface area contributed by atoms with Gasteiger partial charge in [-0.1, -0.05) is 0 Å². The zero-order valence-corrected chi connectivity index (χ0v) is 16.2. The molecule has 0 unspecified atom stereocenters. The van der Waals surface area contributed by atoms with Crippen LogP contribution in [0.15, 0.2) is 11.8 Å². The van der Waals surface area contributed by atoms with E-state index in [0.29, 0.717) is 19.6 Å². The van der Waals surface area contributed by atoms with E-state index < -0.39 is 29.4 Å². The van der Waals surface area contributed by atoms with Crippen LogP contribution in [0, 0.1) is 17.3 Å². The Labute approximate surface area is 163 Å². The summed E-state index contributed by atoms with van der Waals surface area (Å²) in [4.78, 5) is 37.5. The molecule has 154 valence electrons. The lowest BCUT2D eigenvalue weighted by atomic mass is 9.60. The Balaban J connectivity index is 1.77. The average Bonchev–Trinajstić information content (AvgIpc) is 3.40. The lowest BCUT2D eigenvalue weighted by Gasteiger charge is -2.51. The first-order chi connectivity index (χ1) is 13.4. The SMILES string of the molecule is CCOC(=O)C1=C[C@@H](C2CC2)[C@@]2(CC3(CCC2=O)OCCO3)[C@@H](OC(C)=O)O1. The van der Waals surface area contributed by atoms with E-state index in [9.17, 15) is 14.4 Å². The Kier molecular flexibility index (Phi) is 4.95. The summed E-state index contributed by atoms with van der Waals surface area (Å²) in [5.41, 5.74) is -1.13. The number of ether oxygens (including phenoxy) is 5. The highest BCUT2D eigenvalue weighted by Gasteiger charge is 2.66. The lowest BCUT2D eigenvalue weighted by molar-refractivity contribution is -0.259. The monoisotopic (exact) mass is 394 g/mol. The Morgan fingerprint density at radius 1 is 1.25 bits per heavy atom. The van der Waals surface area contributed by atoms with Crippen molar-refractivity contribution in [3.8, 4) is 0 Å². The fraction of sp³-hybridized carbons (Fsp3) is 0.750. The van der Waals surface area contributed by atoms with Crippen molar-refractivity contribution in [2.45, 2.75) is 58.0 Å². The molecule has 4 aliphatic rings. The Morgan fingerprint density at radius 3 is 2.57 bits per heavy atom. The van der Waals surface area contributed by atoms with Crippen LogP contribution in [0.25, 0.3) is 0 Å². The molecule has 0 amide bonds. The van der Waals surface area contributed by atoms with Crippen LogP contribution in [0.5, 0.6) is 0 Å². The van der Waals surface area contributed by atoms with E-state index in [4.69, 9.17) is 23.7 Å². The molecule has 28 heavy (non-hydrogen) atoms. The largest absolute Gasteiger partial charge is 0.460 e. The van der Waals surface area contributed by atoms with Gasteiger partial charge >= 0.3 is 11.9 Å². The molecule has 2 aliphatic heterocycles. The normalized spacial score (nSPS) is 34.1. The molecule has 8 nitrogen and oxygen atoms in total. The van der Waals surface area contributed by atoms with E-state index >= 15 is 0 Å². The molecule has 2 aliphatic carbocycles. The van der Waals surface area contributed by atoms with Crippen molar-refractivity contribution in [2.24, 2.45) is 17.3 Å². The zero-order valence-electron chi connectivity index (χ0n) is 16.2. The van der Waals surface area contributed by atoms with Gasteiger partial charge in [0.2, 0.25) is 5.76 Å². The number of hydrogen-bond acceptors (Lipinski definition) is 8. The second-order valence-corrected chi connectivity index (χ2v) is 7.92. The maximum atomic E-state index is 13.3. The second kappa shape index (κ2) is 7.15. The van der Waals surface area contributed by atoms with Gasteiger partial charge < -0.3 is 23.7 Å². The first kappa shape index (κ1) is 19.4. The van der Waals surface area contributed by atoms with Gasteiger partial charge in [-0.15, -0.1) is 0 Å². The number of esters is 2. The molecule has 2 heterocycles. The molecular weight excluding hydrogens is 368 g/mol. The van der Waals surface area contributed by atoms with Crippen LogP contribution in [0.2, 0.25) is 0 Å². The number of hydrogen-bond donors (Lipinski definition) is 0. The Hall–Kier alpha value is -1.93. The summed E-state index contributed by atoms with van der Waals surface area (Å²) in [5.74, 6) is -2.21. The third kappa shape index (κ3) is 3.22. The van der Waals surface area contributed by atoms with Crippen molar-refractivity contribution in [1.29, 1.82) is 0 Å². The summed E-state index contributed by atoms with van der Waals surface area (Å²) in [6.45, 7) is 4.08. The van der Waals surface area contributed by atoms with Crippen LogP contribution in [0.1, 0.15) is 46.0 Å². The lowest BCUT2D eigenvalue weighted by Crippen LogP contribution is -2.60. The minimum Gasteiger partial charge on any atom is -0.460 e. The molecule has 0 bridgehead atoms. The van der Waals surface area contributed by atoms with Crippen molar-refractivity contribution < 1.29 is 38.1 Å². The fourth-order valence-corrected chi connectivity index (χ4v) is 4.77. The summed E-state index contributed by atoms with van der Waals surface area (Å²) in [5, 5.41) is 0. The summed E-state index contributed by atoms with van der Waals surface area (Å²) in [6.07, 6.45) is 3.31. The smallest absolute Gasteiger partial charge is 0.373 e. The van der Waals surface area contributed by atoms with Gasteiger partial charge in [0.1, 0.15) is 11.2 Å². The fourth-order valence-electron chi connectivity index (χ4n) is 4.77. The molecule has 0 aromatic heterocycles. The molecule has 2 spiro atoms. The van der Waals surface area contributed by atoms with Gasteiger partial charge in [0.25, 0.3) is 6.29 Å². The third-order valence-corrected chi connectivity index (χ3v) is 6.09. The van der Waals surface area contributed by atoms with E-state index in [-0.39, 0.29) is 42.8 Å². The summed E-state index contributed by atoms with van der Waals surface area (Å²) < 4.78 is 28.1. The number of carbonyl (C=O) groups is 3. The van der Waals surface area contributed by atoms with Gasteiger partial charge in [-0.3, -0.25) is 9.59 Å². The van der Waals surface area contributed by atoms with Gasteiger partial charge in [-0.25, -0.2) is 4.79 Å². The molecule has 0 aromatic rings. The minimum atomic E-state index is -1.21. The van der Waals surface area contributed by atoms with Crippen LogP contribution in [-0.4, -0.2) is 49.6 Å². The quantitative estimate of drug-likeness (QED) is 0.667. The molecule has 0 radical (unpaired) electrons. The first-order valence-electron chi connectivity index (χ1n) is 9.94. The predicted octanol–water partition coefficient (Wildman–Crippen LogP) is 1.86. The van der Waals surface area contributed by atoms with Crippen LogP contribution >= 0.6 is 0 Å². The van der Waals surface area contributed by atoms with Crippen molar-refractivity contribution in [3.63, 3.8) is 0 Å². The van der Waals surface area contributed by atoms with E-state index in [0.717, 1.165) is 12.8 Å². The highest BCUT2D eigenvalue weighted by Crippen LogP contribution is 2.59. The highest BCUT2D eigenvalue weighted by atomic mass is 16.7. The molecule has 3 fully saturated rings. The number of Topliss-reactive ketones (excluding diaryl/α,β-unsaturated/α-hetero) is 1. The molecular formula is C20H26O8. The standard InChI is InChI=1S/C20H26O8/c1-3-24-17(23)15-10-14(13-4-5-13)20(18(28-15)27-12(2)21)11-19(7-6-16(20)22)25-8-9-26-19/h10,13-14,18H,3-9,11H2,1-2H3/t14-,18-,20+/m0/s1. The summed E-state index contributed by atoms with van der Waals surface area (Å²) >= 11 is 0. The molecule has 0 aromatic carbocycles. The molecule has 4 rings (SSSR count). The minimum absolute atomic E-state index is 0.00342. The van der Waals surface area contributed by atoms with Gasteiger partial charge in [-0.05, 0) is 31.8 Å². The number of allylic oxidation sites excluding steroid dienone is 1. The Bertz CT molecular complexity index is 703. The molecule has 3 atom stereocenters. The summed E-state index contributed by atoms with van der Waals surface area (Å²) in [6, 6.07) is 0.